The number of carboxylic acid groups (broad SMARTS) is 1. The van der Waals surface area contributed by atoms with Crippen LogP contribution in [0.15, 0.2) is 0 Å². The van der Waals surface area contributed by atoms with Crippen LogP contribution in [0.2, 0.25) is 0 Å². The average molecular weight is 231 g/mol. The van der Waals surface area contributed by atoms with Crippen LogP contribution in [0.3, 0.4) is 0 Å². The van der Waals surface area contributed by atoms with E-state index in [2.05, 4.69) is 10.2 Å². The molecule has 1 aromatic heterocycles. The molecule has 0 unspecified atom stereocenters. The molecule has 1 aliphatic rings. The van der Waals surface area contributed by atoms with Gasteiger partial charge in [-0.1, -0.05) is 0 Å². The molecule has 84 valence electrons. The van der Waals surface area contributed by atoms with Crippen molar-refractivity contribution in [2.45, 2.75) is 38.5 Å². The molecule has 0 saturated carbocycles. The standard InChI is InChI=1S/C10H14N2O2.ClH/c13-10(14)6-5-9-7-3-1-2-4-8(7)11-12-9;/h1-6H2,(H,11,12)(H,13,14);1H. The summed E-state index contributed by atoms with van der Waals surface area (Å²) in [7, 11) is 0. The highest BCUT2D eigenvalue weighted by molar-refractivity contribution is 5.85. The lowest BCUT2D eigenvalue weighted by Crippen LogP contribution is -2.04. The predicted molar refractivity (Wildman–Crippen MR) is 58.4 cm³/mol. The lowest BCUT2D eigenvalue weighted by atomic mass is 9.95. The SMILES string of the molecule is Cl.O=C(O)CCc1n[nH]c2c1CCCC2. The Bertz CT molecular complexity index is 349. The van der Waals surface area contributed by atoms with Gasteiger partial charge >= 0.3 is 5.97 Å². The van der Waals surface area contributed by atoms with Gasteiger partial charge < -0.3 is 5.11 Å². The highest BCUT2D eigenvalue weighted by atomic mass is 35.5. The first-order valence-corrected chi connectivity index (χ1v) is 5.04. The van der Waals surface area contributed by atoms with E-state index >= 15 is 0 Å². The molecule has 1 aliphatic carbocycles. The van der Waals surface area contributed by atoms with Crippen LogP contribution in [0.4, 0.5) is 0 Å². The van der Waals surface area contributed by atoms with Crippen LogP contribution in [0.1, 0.15) is 36.2 Å². The number of carbonyl (C=O) groups is 1. The van der Waals surface area contributed by atoms with Crippen LogP contribution in [0.5, 0.6) is 0 Å². The number of fused-ring (bicyclic) bond motifs is 1. The molecule has 4 nitrogen and oxygen atoms in total. The number of nitrogens with zero attached hydrogens (tertiary/aromatic N) is 1. The quantitative estimate of drug-likeness (QED) is 0.831. The number of hydrogen-bond acceptors (Lipinski definition) is 2. The molecule has 1 aromatic rings. The van der Waals surface area contributed by atoms with Crippen LogP contribution in [0.25, 0.3) is 0 Å². The molecule has 0 atom stereocenters. The number of aryl methyl sites for hydroxylation is 2. The largest absolute Gasteiger partial charge is 0.481 e. The normalized spacial score (nSPS) is 14.1. The summed E-state index contributed by atoms with van der Waals surface area (Å²) in [5, 5.41) is 15.8. The molecule has 1 heterocycles. The second-order valence-electron chi connectivity index (χ2n) is 3.73. The number of hydrogen-bond donors (Lipinski definition) is 2. The first-order valence-electron chi connectivity index (χ1n) is 5.04. The number of rotatable bonds is 3. The molecule has 0 amide bonds. The van der Waals surface area contributed by atoms with Crippen molar-refractivity contribution in [2.75, 3.05) is 0 Å². The number of carboxylic acids is 1. The van der Waals surface area contributed by atoms with Crippen LogP contribution < -0.4 is 0 Å². The predicted octanol–water partition coefficient (Wildman–Crippen LogP) is 1.73. The molecule has 15 heavy (non-hydrogen) atoms. The molecule has 2 N–H and O–H groups in total. The minimum atomic E-state index is -0.752. The van der Waals surface area contributed by atoms with E-state index in [9.17, 15) is 4.79 Å². The minimum absolute atomic E-state index is 0. The van der Waals surface area contributed by atoms with Gasteiger partial charge in [-0.05, 0) is 31.2 Å². The van der Waals surface area contributed by atoms with Crippen LogP contribution >= 0.6 is 12.4 Å². The molecule has 2 rings (SSSR count). The smallest absolute Gasteiger partial charge is 0.303 e. The van der Waals surface area contributed by atoms with Gasteiger partial charge in [0, 0.05) is 12.1 Å². The van der Waals surface area contributed by atoms with Gasteiger partial charge in [-0.3, -0.25) is 9.89 Å². The van der Waals surface area contributed by atoms with Crippen molar-refractivity contribution in [1.82, 2.24) is 10.2 Å². The third kappa shape index (κ3) is 2.72. The lowest BCUT2D eigenvalue weighted by molar-refractivity contribution is -0.136. The number of nitrogens with one attached hydrogen (secondary N) is 1. The van der Waals surface area contributed by atoms with Gasteiger partial charge in [0.1, 0.15) is 0 Å². The first-order chi connectivity index (χ1) is 6.77. The Kier molecular flexibility index (Phi) is 4.15. The van der Waals surface area contributed by atoms with E-state index in [4.69, 9.17) is 5.11 Å². The van der Waals surface area contributed by atoms with Crippen molar-refractivity contribution in [1.29, 1.82) is 0 Å². The van der Waals surface area contributed by atoms with Crippen LogP contribution in [0, 0.1) is 0 Å². The number of aromatic amines is 1. The van der Waals surface area contributed by atoms with Crippen molar-refractivity contribution in [3.63, 3.8) is 0 Å². The summed E-state index contributed by atoms with van der Waals surface area (Å²) in [6.07, 6.45) is 5.27. The summed E-state index contributed by atoms with van der Waals surface area (Å²) in [5.41, 5.74) is 3.45. The molecular weight excluding hydrogens is 216 g/mol. The molecular formula is C10H15ClN2O2. The molecule has 0 fully saturated rings. The molecule has 0 aromatic carbocycles. The summed E-state index contributed by atoms with van der Waals surface area (Å²) in [4.78, 5) is 10.4. The van der Waals surface area contributed by atoms with Crippen molar-refractivity contribution in [3.8, 4) is 0 Å². The second kappa shape index (κ2) is 5.16. The lowest BCUT2D eigenvalue weighted by Gasteiger charge is -2.10. The third-order valence-corrected chi connectivity index (χ3v) is 2.72. The van der Waals surface area contributed by atoms with Gasteiger partial charge in [0.15, 0.2) is 0 Å². The average Bonchev–Trinajstić information content (AvgIpc) is 2.58. The Morgan fingerprint density at radius 3 is 2.87 bits per heavy atom. The van der Waals surface area contributed by atoms with Gasteiger partial charge in [0.25, 0.3) is 0 Å². The Labute approximate surface area is 94.5 Å². The van der Waals surface area contributed by atoms with E-state index in [-0.39, 0.29) is 18.8 Å². The fourth-order valence-electron chi connectivity index (χ4n) is 1.98. The van der Waals surface area contributed by atoms with Crippen LogP contribution in [-0.2, 0) is 24.1 Å². The van der Waals surface area contributed by atoms with E-state index in [1.165, 1.54) is 24.1 Å². The fourth-order valence-corrected chi connectivity index (χ4v) is 1.98. The van der Waals surface area contributed by atoms with Crippen molar-refractivity contribution in [2.24, 2.45) is 0 Å². The van der Waals surface area contributed by atoms with Crippen molar-refractivity contribution < 1.29 is 9.90 Å². The monoisotopic (exact) mass is 230 g/mol. The zero-order valence-electron chi connectivity index (χ0n) is 8.45. The second-order valence-corrected chi connectivity index (χ2v) is 3.73. The summed E-state index contributed by atoms with van der Waals surface area (Å²) < 4.78 is 0. The van der Waals surface area contributed by atoms with Gasteiger partial charge in [-0.2, -0.15) is 5.10 Å². The van der Waals surface area contributed by atoms with Crippen LogP contribution in [-0.4, -0.2) is 21.3 Å². The summed E-state index contributed by atoms with van der Waals surface area (Å²) >= 11 is 0. The van der Waals surface area contributed by atoms with Gasteiger partial charge in [0.2, 0.25) is 0 Å². The van der Waals surface area contributed by atoms with Gasteiger partial charge in [0.05, 0.1) is 12.1 Å². The number of H-pyrrole nitrogens is 1. The Morgan fingerprint density at radius 1 is 1.40 bits per heavy atom. The van der Waals surface area contributed by atoms with Gasteiger partial charge in [-0.25, -0.2) is 0 Å². The molecule has 0 radical (unpaired) electrons. The zero-order chi connectivity index (χ0) is 9.97. The number of halogens is 1. The Hall–Kier alpha value is -1.03. The molecule has 0 saturated heterocycles. The van der Waals surface area contributed by atoms with Crippen molar-refractivity contribution in [3.05, 3.63) is 17.0 Å². The molecule has 0 spiro atoms. The minimum Gasteiger partial charge on any atom is -0.481 e. The topological polar surface area (TPSA) is 66.0 Å². The molecule has 0 aliphatic heterocycles. The molecule has 5 heteroatoms. The maximum absolute atomic E-state index is 10.4. The highest BCUT2D eigenvalue weighted by Gasteiger charge is 2.16. The molecule has 0 bridgehead atoms. The van der Waals surface area contributed by atoms with Crippen molar-refractivity contribution >= 4 is 18.4 Å². The van der Waals surface area contributed by atoms with Gasteiger partial charge in [-0.15, -0.1) is 12.4 Å². The van der Waals surface area contributed by atoms with E-state index in [1.54, 1.807) is 0 Å². The zero-order valence-corrected chi connectivity index (χ0v) is 9.27. The number of aromatic nitrogens is 2. The number of aliphatic carboxylic acids is 1. The summed E-state index contributed by atoms with van der Waals surface area (Å²) in [5.74, 6) is -0.752. The first kappa shape index (κ1) is 12.0. The maximum Gasteiger partial charge on any atom is 0.303 e. The van der Waals surface area contributed by atoms with E-state index in [1.807, 2.05) is 0 Å². The summed E-state index contributed by atoms with van der Waals surface area (Å²) in [6, 6.07) is 0. The van der Waals surface area contributed by atoms with E-state index in [0.29, 0.717) is 6.42 Å². The van der Waals surface area contributed by atoms with E-state index in [0.717, 1.165) is 18.5 Å². The third-order valence-electron chi connectivity index (χ3n) is 2.72. The fraction of sp³-hybridized carbons (Fsp3) is 0.600. The van der Waals surface area contributed by atoms with E-state index < -0.39 is 5.97 Å². The Morgan fingerprint density at radius 2 is 2.13 bits per heavy atom. The Balaban J connectivity index is 0.00000112. The maximum atomic E-state index is 10.4. The highest BCUT2D eigenvalue weighted by Crippen LogP contribution is 2.22. The summed E-state index contributed by atoms with van der Waals surface area (Å²) in [6.45, 7) is 0.